The molecule has 0 saturated heterocycles. The van der Waals surface area contributed by atoms with Crippen molar-refractivity contribution in [2.75, 3.05) is 0 Å². The van der Waals surface area contributed by atoms with E-state index >= 15 is 0 Å². The fraction of sp³-hybridized carbons (Fsp3) is 0.107. The molecule has 3 aromatic carbocycles. The van der Waals surface area contributed by atoms with Crippen LogP contribution in [-0.2, 0) is 4.79 Å². The average Bonchev–Trinajstić information content (AvgIpc) is 3.25. The molecule has 0 bridgehead atoms. The highest BCUT2D eigenvalue weighted by atomic mass is 19.4. The number of rotatable bonds is 7. The fourth-order valence-corrected chi connectivity index (χ4v) is 4.06. The third kappa shape index (κ3) is 5.63. The summed E-state index contributed by atoms with van der Waals surface area (Å²) < 4.78 is 43.8. The van der Waals surface area contributed by atoms with Gasteiger partial charge in [0, 0.05) is 33.8 Å². The highest BCUT2D eigenvalue weighted by Crippen LogP contribution is 2.40. The maximum absolute atomic E-state index is 13.2. The van der Waals surface area contributed by atoms with E-state index in [1.54, 1.807) is 24.3 Å². The lowest BCUT2D eigenvalue weighted by Crippen LogP contribution is -2.18. The van der Waals surface area contributed by atoms with E-state index in [9.17, 15) is 18.0 Å². The number of allylic oxidation sites excluding steroid dienone is 1. The van der Waals surface area contributed by atoms with Crippen LogP contribution in [0.4, 0.5) is 13.2 Å². The number of aromatic amines is 1. The summed E-state index contributed by atoms with van der Waals surface area (Å²) in [6.07, 6.45) is -1.87. The van der Waals surface area contributed by atoms with Gasteiger partial charge >= 0.3 is 12.3 Å². The zero-order valence-electron chi connectivity index (χ0n) is 18.8. The van der Waals surface area contributed by atoms with E-state index in [1.165, 1.54) is 18.2 Å². The van der Waals surface area contributed by atoms with E-state index in [-0.39, 0.29) is 5.75 Å². The number of carboxylic acid groups (broad SMARTS) is 1. The average molecular weight is 477 g/mol. The van der Waals surface area contributed by atoms with E-state index in [1.807, 2.05) is 49.4 Å². The zero-order chi connectivity index (χ0) is 25.0. The van der Waals surface area contributed by atoms with E-state index in [0.29, 0.717) is 23.1 Å². The minimum Gasteiger partial charge on any atom is -0.478 e. The van der Waals surface area contributed by atoms with Gasteiger partial charge in [0.1, 0.15) is 5.75 Å². The first-order valence-electron chi connectivity index (χ1n) is 10.9. The molecule has 0 saturated carbocycles. The molecule has 1 aromatic heterocycles. The number of hydrogen-bond donors (Lipinski definition) is 2. The lowest BCUT2D eigenvalue weighted by molar-refractivity contribution is -0.274. The van der Waals surface area contributed by atoms with Crippen LogP contribution in [0.2, 0.25) is 0 Å². The molecule has 0 spiro atoms. The Morgan fingerprint density at radius 2 is 1.69 bits per heavy atom. The molecule has 0 unspecified atom stereocenters. The van der Waals surface area contributed by atoms with Gasteiger partial charge in [0.25, 0.3) is 0 Å². The summed E-state index contributed by atoms with van der Waals surface area (Å²) in [5, 5.41) is 9.85. The molecule has 0 fully saturated rings. The van der Waals surface area contributed by atoms with Gasteiger partial charge in [-0.05, 0) is 47.4 Å². The second-order valence-electron chi connectivity index (χ2n) is 7.81. The van der Waals surface area contributed by atoms with E-state index in [4.69, 9.17) is 5.11 Å². The van der Waals surface area contributed by atoms with Crippen LogP contribution in [0.3, 0.4) is 0 Å². The van der Waals surface area contributed by atoms with Crippen LogP contribution in [0.5, 0.6) is 5.75 Å². The maximum atomic E-state index is 13.2. The van der Waals surface area contributed by atoms with Crippen molar-refractivity contribution in [3.8, 4) is 5.75 Å². The Kier molecular flexibility index (Phi) is 6.78. The number of nitrogens with one attached hydrogen (secondary N) is 1. The quantitative estimate of drug-likeness (QED) is 0.214. The Morgan fingerprint density at radius 3 is 2.34 bits per heavy atom. The largest absolute Gasteiger partial charge is 0.573 e. The molecule has 4 aromatic rings. The van der Waals surface area contributed by atoms with Crippen LogP contribution in [-0.4, -0.2) is 22.4 Å². The zero-order valence-corrected chi connectivity index (χ0v) is 18.8. The Morgan fingerprint density at radius 1 is 1.00 bits per heavy atom. The molecule has 0 aliphatic carbocycles. The van der Waals surface area contributed by atoms with Crippen molar-refractivity contribution in [2.45, 2.75) is 19.7 Å². The van der Waals surface area contributed by atoms with Gasteiger partial charge in [-0.25, -0.2) is 4.79 Å². The number of hydrogen-bond acceptors (Lipinski definition) is 2. The molecule has 0 aliphatic rings. The van der Waals surface area contributed by atoms with Gasteiger partial charge in [0.05, 0.1) is 0 Å². The number of alkyl halides is 3. The second kappa shape index (κ2) is 9.93. The van der Waals surface area contributed by atoms with Crippen molar-refractivity contribution in [3.05, 3.63) is 107 Å². The molecule has 0 radical (unpaired) electrons. The molecular weight excluding hydrogens is 455 g/mol. The van der Waals surface area contributed by atoms with Crippen molar-refractivity contribution in [1.82, 2.24) is 4.98 Å². The monoisotopic (exact) mass is 477 g/mol. The Hall–Kier alpha value is -4.26. The van der Waals surface area contributed by atoms with Gasteiger partial charge in [-0.2, -0.15) is 0 Å². The molecule has 0 atom stereocenters. The summed E-state index contributed by atoms with van der Waals surface area (Å²) in [6.45, 7) is 1.88. The summed E-state index contributed by atoms with van der Waals surface area (Å²) in [5.74, 6) is -1.33. The Labute approximate surface area is 200 Å². The molecule has 4 nitrogen and oxygen atoms in total. The predicted molar refractivity (Wildman–Crippen MR) is 131 cm³/mol. The molecule has 35 heavy (non-hydrogen) atoms. The van der Waals surface area contributed by atoms with Crippen molar-refractivity contribution < 1.29 is 27.8 Å². The number of aliphatic carboxylic acids is 1. The van der Waals surface area contributed by atoms with E-state index in [0.717, 1.165) is 33.8 Å². The number of carboxylic acids is 1. The Bertz CT molecular complexity index is 1380. The lowest BCUT2D eigenvalue weighted by Gasteiger charge is -2.19. The van der Waals surface area contributed by atoms with Crippen LogP contribution >= 0.6 is 0 Å². The number of aromatic nitrogens is 1. The lowest BCUT2D eigenvalue weighted by atomic mass is 9.90. The molecule has 178 valence electrons. The van der Waals surface area contributed by atoms with Crippen molar-refractivity contribution in [3.63, 3.8) is 0 Å². The minimum absolute atomic E-state index is 0.272. The SMILES string of the molecule is CC/C(=C(/c1ccc(/C=C/C(=O)O)cc1)c1cc2ccccc2[nH]1)c1ccccc1OC(F)(F)F. The molecule has 0 amide bonds. The second-order valence-corrected chi connectivity index (χ2v) is 7.81. The number of fused-ring (bicyclic) bond motifs is 1. The summed E-state index contributed by atoms with van der Waals surface area (Å²) >= 11 is 0. The summed E-state index contributed by atoms with van der Waals surface area (Å²) in [4.78, 5) is 14.2. The van der Waals surface area contributed by atoms with E-state index in [2.05, 4.69) is 9.72 Å². The maximum Gasteiger partial charge on any atom is 0.573 e. The van der Waals surface area contributed by atoms with Crippen molar-refractivity contribution >= 4 is 34.1 Å². The highest BCUT2D eigenvalue weighted by molar-refractivity contribution is 6.01. The van der Waals surface area contributed by atoms with Gasteiger partial charge in [-0.15, -0.1) is 13.2 Å². The Balaban J connectivity index is 1.94. The van der Waals surface area contributed by atoms with Gasteiger partial charge in [-0.3, -0.25) is 0 Å². The third-order valence-corrected chi connectivity index (χ3v) is 5.51. The highest BCUT2D eigenvalue weighted by Gasteiger charge is 2.32. The van der Waals surface area contributed by atoms with Crippen molar-refractivity contribution in [2.24, 2.45) is 0 Å². The van der Waals surface area contributed by atoms with E-state index < -0.39 is 12.3 Å². The van der Waals surface area contributed by atoms with Crippen LogP contribution in [0.25, 0.3) is 28.1 Å². The first-order chi connectivity index (χ1) is 16.7. The summed E-state index contributed by atoms with van der Waals surface area (Å²) in [6, 6.07) is 23.0. The summed E-state index contributed by atoms with van der Waals surface area (Å²) in [7, 11) is 0. The summed E-state index contributed by atoms with van der Waals surface area (Å²) in [5.41, 5.74) is 4.85. The van der Waals surface area contributed by atoms with Crippen LogP contribution in [0.1, 0.15) is 35.7 Å². The van der Waals surface area contributed by atoms with Gasteiger partial charge in [0.15, 0.2) is 0 Å². The molecule has 7 heteroatoms. The number of halogens is 3. The molecule has 2 N–H and O–H groups in total. The predicted octanol–water partition coefficient (Wildman–Crippen LogP) is 7.53. The smallest absolute Gasteiger partial charge is 0.478 e. The van der Waals surface area contributed by atoms with Gasteiger partial charge in [0.2, 0.25) is 0 Å². The van der Waals surface area contributed by atoms with Crippen LogP contribution < -0.4 is 4.74 Å². The first kappa shape index (κ1) is 23.9. The van der Waals surface area contributed by atoms with Gasteiger partial charge < -0.3 is 14.8 Å². The molecule has 0 aliphatic heterocycles. The number of H-pyrrole nitrogens is 1. The molecule has 1 heterocycles. The molecule has 4 rings (SSSR count). The number of para-hydroxylation sites is 2. The minimum atomic E-state index is -4.83. The van der Waals surface area contributed by atoms with Crippen LogP contribution in [0, 0.1) is 0 Å². The topological polar surface area (TPSA) is 62.3 Å². The van der Waals surface area contributed by atoms with Crippen LogP contribution in [0.15, 0.2) is 84.9 Å². The number of ether oxygens (including phenoxy) is 1. The van der Waals surface area contributed by atoms with Gasteiger partial charge in [-0.1, -0.05) is 67.6 Å². The molecular formula is C28H22F3NO3. The first-order valence-corrected chi connectivity index (χ1v) is 10.9. The fourth-order valence-electron chi connectivity index (χ4n) is 4.06. The standard InChI is InChI=1S/C28H22F3NO3/c1-2-21(22-8-4-6-10-25(22)35-28(29,30)31)27(24-17-20-7-3-5-9-23(20)32-24)19-14-11-18(12-15-19)13-16-26(33)34/h3-17,32H,2H2,1H3,(H,33,34)/b16-13+,27-21+. The number of carbonyl (C=O) groups is 1. The van der Waals surface area contributed by atoms with Crippen molar-refractivity contribution in [1.29, 1.82) is 0 Å². The third-order valence-electron chi connectivity index (χ3n) is 5.51. The number of benzene rings is 3. The normalized spacial score (nSPS) is 12.7.